The Morgan fingerprint density at radius 3 is 2.00 bits per heavy atom. The van der Waals surface area contributed by atoms with E-state index in [2.05, 4.69) is 19.9 Å². The van der Waals surface area contributed by atoms with E-state index in [-0.39, 0.29) is 12.0 Å². The Balaban J connectivity index is 2.98. The standard InChI is InChI=1S/C13H17NO/c1-9(2)13(10(3)15)12-6-4-11(8-14)5-7-12/h4-7,9-10,13,15H,1-3H3. The van der Waals surface area contributed by atoms with Gasteiger partial charge in [-0.2, -0.15) is 5.26 Å². The highest BCUT2D eigenvalue weighted by molar-refractivity contribution is 5.33. The van der Waals surface area contributed by atoms with Gasteiger partial charge in [-0.15, -0.1) is 0 Å². The van der Waals surface area contributed by atoms with Gasteiger partial charge in [-0.25, -0.2) is 0 Å². The number of aliphatic hydroxyl groups excluding tert-OH is 1. The molecule has 0 aliphatic carbocycles. The van der Waals surface area contributed by atoms with Gasteiger partial charge in [0.05, 0.1) is 17.7 Å². The molecule has 0 bridgehead atoms. The van der Waals surface area contributed by atoms with Crippen LogP contribution in [0, 0.1) is 17.2 Å². The number of nitriles is 1. The van der Waals surface area contributed by atoms with Gasteiger partial charge in [-0.1, -0.05) is 26.0 Å². The Morgan fingerprint density at radius 1 is 1.13 bits per heavy atom. The molecule has 2 nitrogen and oxygen atoms in total. The fourth-order valence-electron chi connectivity index (χ4n) is 2.00. The minimum atomic E-state index is -0.363. The fraction of sp³-hybridized carbons (Fsp3) is 0.462. The third-order valence-corrected chi connectivity index (χ3v) is 2.66. The highest BCUT2D eigenvalue weighted by Gasteiger charge is 2.20. The van der Waals surface area contributed by atoms with E-state index in [9.17, 15) is 5.11 Å². The van der Waals surface area contributed by atoms with Crippen molar-refractivity contribution in [3.63, 3.8) is 0 Å². The molecule has 0 aliphatic rings. The summed E-state index contributed by atoms with van der Waals surface area (Å²) in [6, 6.07) is 9.54. The summed E-state index contributed by atoms with van der Waals surface area (Å²) in [5, 5.41) is 18.4. The third kappa shape index (κ3) is 2.81. The van der Waals surface area contributed by atoms with E-state index in [1.807, 2.05) is 19.1 Å². The van der Waals surface area contributed by atoms with Gasteiger partial charge in [-0.05, 0) is 30.5 Å². The zero-order valence-electron chi connectivity index (χ0n) is 9.44. The first-order valence-corrected chi connectivity index (χ1v) is 5.24. The Labute approximate surface area is 91.2 Å². The Hall–Kier alpha value is -1.33. The summed E-state index contributed by atoms with van der Waals surface area (Å²) in [5.74, 6) is 0.524. The van der Waals surface area contributed by atoms with Gasteiger partial charge < -0.3 is 5.11 Å². The van der Waals surface area contributed by atoms with Crippen molar-refractivity contribution in [3.05, 3.63) is 35.4 Å². The Bertz CT molecular complexity index is 338. The molecular weight excluding hydrogens is 186 g/mol. The minimum absolute atomic E-state index is 0.137. The molecule has 15 heavy (non-hydrogen) atoms. The van der Waals surface area contributed by atoms with Gasteiger partial charge in [0.25, 0.3) is 0 Å². The van der Waals surface area contributed by atoms with Crippen LogP contribution in [0.5, 0.6) is 0 Å². The van der Waals surface area contributed by atoms with Gasteiger partial charge in [0.1, 0.15) is 0 Å². The molecule has 1 aromatic rings. The lowest BCUT2D eigenvalue weighted by molar-refractivity contribution is 0.140. The van der Waals surface area contributed by atoms with E-state index in [1.54, 1.807) is 12.1 Å². The van der Waals surface area contributed by atoms with Crippen LogP contribution in [-0.2, 0) is 0 Å². The number of hydrogen-bond donors (Lipinski definition) is 1. The van der Waals surface area contributed by atoms with Crippen LogP contribution in [-0.4, -0.2) is 11.2 Å². The molecule has 2 unspecified atom stereocenters. The topological polar surface area (TPSA) is 44.0 Å². The molecule has 0 aliphatic heterocycles. The number of rotatable bonds is 3. The average molecular weight is 203 g/mol. The molecule has 1 N–H and O–H groups in total. The first-order chi connectivity index (χ1) is 7.06. The summed E-state index contributed by atoms with van der Waals surface area (Å²) < 4.78 is 0. The quantitative estimate of drug-likeness (QED) is 0.820. The second-order valence-corrected chi connectivity index (χ2v) is 4.24. The largest absolute Gasteiger partial charge is 0.393 e. The van der Waals surface area contributed by atoms with Gasteiger partial charge >= 0.3 is 0 Å². The zero-order chi connectivity index (χ0) is 11.4. The van der Waals surface area contributed by atoms with Crippen LogP contribution < -0.4 is 0 Å². The van der Waals surface area contributed by atoms with E-state index in [0.717, 1.165) is 5.56 Å². The predicted octanol–water partition coefficient (Wildman–Crippen LogP) is 2.68. The molecule has 1 aromatic carbocycles. The van der Waals surface area contributed by atoms with Crippen LogP contribution in [0.3, 0.4) is 0 Å². The Kier molecular flexibility index (Phi) is 3.88. The molecule has 2 heteroatoms. The predicted molar refractivity (Wildman–Crippen MR) is 60.4 cm³/mol. The van der Waals surface area contributed by atoms with E-state index in [4.69, 9.17) is 5.26 Å². The van der Waals surface area contributed by atoms with Gasteiger partial charge in [0.2, 0.25) is 0 Å². The molecule has 80 valence electrons. The van der Waals surface area contributed by atoms with Crippen LogP contribution in [0.1, 0.15) is 37.8 Å². The maximum Gasteiger partial charge on any atom is 0.0991 e. The Morgan fingerprint density at radius 2 is 1.67 bits per heavy atom. The summed E-state index contributed by atoms with van der Waals surface area (Å²) in [7, 11) is 0. The van der Waals surface area contributed by atoms with Crippen LogP contribution >= 0.6 is 0 Å². The molecule has 0 amide bonds. The zero-order valence-corrected chi connectivity index (χ0v) is 9.44. The van der Waals surface area contributed by atoms with E-state index in [0.29, 0.717) is 11.5 Å². The van der Waals surface area contributed by atoms with Crippen LogP contribution in [0.2, 0.25) is 0 Å². The molecule has 0 aromatic heterocycles. The summed E-state index contributed by atoms with van der Waals surface area (Å²) >= 11 is 0. The molecule has 2 atom stereocenters. The average Bonchev–Trinajstić information content (AvgIpc) is 2.18. The van der Waals surface area contributed by atoms with Crippen molar-refractivity contribution in [3.8, 4) is 6.07 Å². The lowest BCUT2D eigenvalue weighted by Gasteiger charge is -2.24. The highest BCUT2D eigenvalue weighted by Crippen LogP contribution is 2.27. The number of hydrogen-bond acceptors (Lipinski definition) is 2. The molecular formula is C13H17NO. The van der Waals surface area contributed by atoms with E-state index in [1.165, 1.54) is 0 Å². The van der Waals surface area contributed by atoms with E-state index < -0.39 is 0 Å². The first kappa shape index (κ1) is 11.7. The number of nitrogens with zero attached hydrogens (tertiary/aromatic N) is 1. The molecule has 0 radical (unpaired) electrons. The van der Waals surface area contributed by atoms with Gasteiger partial charge in [0.15, 0.2) is 0 Å². The monoisotopic (exact) mass is 203 g/mol. The van der Waals surface area contributed by atoms with Crippen molar-refractivity contribution in [2.75, 3.05) is 0 Å². The molecule has 1 rings (SSSR count). The van der Waals surface area contributed by atoms with Crippen molar-refractivity contribution >= 4 is 0 Å². The summed E-state index contributed by atoms with van der Waals surface area (Å²) in [6.07, 6.45) is -0.363. The summed E-state index contributed by atoms with van der Waals surface area (Å²) in [6.45, 7) is 5.99. The van der Waals surface area contributed by atoms with Gasteiger partial charge in [-0.3, -0.25) is 0 Å². The molecule has 0 fully saturated rings. The lowest BCUT2D eigenvalue weighted by Crippen LogP contribution is -2.19. The van der Waals surface area contributed by atoms with Crippen molar-refractivity contribution < 1.29 is 5.11 Å². The van der Waals surface area contributed by atoms with Crippen LogP contribution in [0.25, 0.3) is 0 Å². The number of benzene rings is 1. The summed E-state index contributed by atoms with van der Waals surface area (Å²) in [5.41, 5.74) is 1.76. The maximum atomic E-state index is 9.70. The normalized spacial score (nSPS) is 14.7. The molecule has 0 saturated heterocycles. The molecule has 0 spiro atoms. The summed E-state index contributed by atoms with van der Waals surface area (Å²) in [4.78, 5) is 0. The van der Waals surface area contributed by atoms with Crippen molar-refractivity contribution in [1.82, 2.24) is 0 Å². The fourth-order valence-corrected chi connectivity index (χ4v) is 2.00. The highest BCUT2D eigenvalue weighted by atomic mass is 16.3. The van der Waals surface area contributed by atoms with E-state index >= 15 is 0 Å². The minimum Gasteiger partial charge on any atom is -0.393 e. The third-order valence-electron chi connectivity index (χ3n) is 2.66. The second-order valence-electron chi connectivity index (χ2n) is 4.24. The lowest BCUT2D eigenvalue weighted by atomic mass is 9.84. The van der Waals surface area contributed by atoms with Crippen LogP contribution in [0.4, 0.5) is 0 Å². The number of aliphatic hydroxyl groups is 1. The smallest absolute Gasteiger partial charge is 0.0991 e. The van der Waals surface area contributed by atoms with Crippen LogP contribution in [0.15, 0.2) is 24.3 Å². The van der Waals surface area contributed by atoms with Crippen molar-refractivity contribution in [2.24, 2.45) is 5.92 Å². The molecule has 0 saturated carbocycles. The first-order valence-electron chi connectivity index (χ1n) is 5.24. The second kappa shape index (κ2) is 4.95. The van der Waals surface area contributed by atoms with Crippen molar-refractivity contribution in [2.45, 2.75) is 32.8 Å². The maximum absolute atomic E-state index is 9.70. The van der Waals surface area contributed by atoms with Crippen molar-refractivity contribution in [1.29, 1.82) is 5.26 Å². The SMILES string of the molecule is CC(C)C(c1ccc(C#N)cc1)C(C)O. The van der Waals surface area contributed by atoms with Gasteiger partial charge in [0, 0.05) is 5.92 Å². The molecule has 0 heterocycles.